The third kappa shape index (κ3) is 6.74. The number of carbonyl (C=O) groups excluding carboxylic acids is 2. The number of likely N-dealkylation sites (tertiary alicyclic amines) is 1. The molecule has 138 valence electrons. The molecule has 1 aromatic rings. The smallest absolute Gasteiger partial charge is 0.255 e. The zero-order valence-electron chi connectivity index (χ0n) is 15.0. The van der Waals surface area contributed by atoms with Crippen molar-refractivity contribution in [3.63, 3.8) is 0 Å². The lowest BCUT2D eigenvalue weighted by molar-refractivity contribution is -0.119. The van der Waals surface area contributed by atoms with E-state index in [4.69, 9.17) is 10.5 Å². The average molecular weight is 347 g/mol. The third-order valence-electron chi connectivity index (χ3n) is 4.58. The summed E-state index contributed by atoms with van der Waals surface area (Å²) in [5.41, 5.74) is 5.57. The van der Waals surface area contributed by atoms with E-state index < -0.39 is 5.91 Å². The highest BCUT2D eigenvalue weighted by Crippen LogP contribution is 2.16. The van der Waals surface area contributed by atoms with E-state index >= 15 is 0 Å². The first-order valence-electron chi connectivity index (χ1n) is 9.09. The van der Waals surface area contributed by atoms with Crippen LogP contribution in [0.5, 0.6) is 5.75 Å². The fraction of sp³-hybridized carbons (Fsp3) is 0.579. The van der Waals surface area contributed by atoms with Crippen molar-refractivity contribution in [3.05, 3.63) is 29.8 Å². The van der Waals surface area contributed by atoms with Crippen LogP contribution in [0.4, 0.5) is 0 Å². The molecule has 1 aliphatic heterocycles. The molecule has 0 aromatic heterocycles. The molecule has 0 aliphatic carbocycles. The van der Waals surface area contributed by atoms with E-state index in [0.29, 0.717) is 23.9 Å². The lowest BCUT2D eigenvalue weighted by Crippen LogP contribution is -2.38. The molecule has 0 saturated carbocycles. The zero-order chi connectivity index (χ0) is 18.1. The number of carbonyl (C=O) groups is 2. The fourth-order valence-electron chi connectivity index (χ4n) is 3.12. The largest absolute Gasteiger partial charge is 0.484 e. The van der Waals surface area contributed by atoms with Gasteiger partial charge in [-0.3, -0.25) is 9.59 Å². The summed E-state index contributed by atoms with van der Waals surface area (Å²) < 4.78 is 5.22. The predicted octanol–water partition coefficient (Wildman–Crippen LogP) is 1.94. The minimum Gasteiger partial charge on any atom is -0.484 e. The summed E-state index contributed by atoms with van der Waals surface area (Å²) in [4.78, 5) is 25.5. The zero-order valence-corrected chi connectivity index (χ0v) is 15.0. The molecule has 2 rings (SSSR count). The number of ether oxygens (including phenoxy) is 1. The van der Waals surface area contributed by atoms with Gasteiger partial charge in [0.05, 0.1) is 0 Å². The van der Waals surface area contributed by atoms with Crippen molar-refractivity contribution in [3.8, 4) is 5.75 Å². The summed E-state index contributed by atoms with van der Waals surface area (Å²) in [6.45, 7) is 5.07. The van der Waals surface area contributed by atoms with Crippen LogP contribution in [-0.4, -0.2) is 49.0 Å². The SMILES string of the molecule is CC1CCCCN1CCCCNC(=O)c1cccc(OCC(N)=O)c1. The molecule has 1 fully saturated rings. The van der Waals surface area contributed by atoms with Crippen molar-refractivity contribution in [1.29, 1.82) is 0 Å². The number of hydrogen-bond acceptors (Lipinski definition) is 4. The van der Waals surface area contributed by atoms with Gasteiger partial charge in [-0.25, -0.2) is 0 Å². The Labute approximate surface area is 149 Å². The maximum Gasteiger partial charge on any atom is 0.255 e. The van der Waals surface area contributed by atoms with Gasteiger partial charge in [0.1, 0.15) is 5.75 Å². The maximum absolute atomic E-state index is 12.2. The van der Waals surface area contributed by atoms with E-state index in [1.54, 1.807) is 24.3 Å². The lowest BCUT2D eigenvalue weighted by Gasteiger charge is -2.33. The standard InChI is InChI=1S/C19H29N3O3/c1-15-7-2-4-11-22(15)12-5-3-10-21-19(24)16-8-6-9-17(13-16)25-14-18(20)23/h6,8-9,13,15H,2-5,7,10-12,14H2,1H3,(H2,20,23)(H,21,24). The van der Waals surface area contributed by atoms with Gasteiger partial charge in [0.25, 0.3) is 11.8 Å². The summed E-state index contributed by atoms with van der Waals surface area (Å²) in [5.74, 6) is -0.209. The Balaban J connectivity index is 1.67. The van der Waals surface area contributed by atoms with Crippen molar-refractivity contribution >= 4 is 11.8 Å². The Kier molecular flexibility index (Phi) is 7.73. The van der Waals surface area contributed by atoms with Crippen molar-refractivity contribution < 1.29 is 14.3 Å². The number of piperidine rings is 1. The summed E-state index contributed by atoms with van der Waals surface area (Å²) >= 11 is 0. The normalized spacial score (nSPS) is 17.9. The highest BCUT2D eigenvalue weighted by Gasteiger charge is 2.17. The molecular weight excluding hydrogens is 318 g/mol. The molecule has 1 aliphatic rings. The molecule has 1 saturated heterocycles. The molecule has 1 unspecified atom stereocenters. The topological polar surface area (TPSA) is 84.7 Å². The lowest BCUT2D eigenvalue weighted by atomic mass is 10.0. The average Bonchev–Trinajstić information content (AvgIpc) is 2.61. The van der Waals surface area contributed by atoms with Crippen LogP contribution >= 0.6 is 0 Å². The molecule has 6 heteroatoms. The van der Waals surface area contributed by atoms with Gasteiger partial charge >= 0.3 is 0 Å². The van der Waals surface area contributed by atoms with Gasteiger partial charge < -0.3 is 20.7 Å². The molecule has 0 bridgehead atoms. The number of benzene rings is 1. The van der Waals surface area contributed by atoms with Gasteiger partial charge in [0.15, 0.2) is 6.61 Å². The number of nitrogens with two attached hydrogens (primary N) is 1. The van der Waals surface area contributed by atoms with Crippen LogP contribution < -0.4 is 15.8 Å². The minimum absolute atomic E-state index is 0.129. The van der Waals surface area contributed by atoms with E-state index in [-0.39, 0.29) is 12.5 Å². The van der Waals surface area contributed by atoms with Gasteiger partial charge in [-0.05, 0) is 63.9 Å². The summed E-state index contributed by atoms with van der Waals surface area (Å²) in [7, 11) is 0. The number of rotatable bonds is 9. The number of nitrogens with zero attached hydrogens (tertiary/aromatic N) is 1. The van der Waals surface area contributed by atoms with Crippen molar-refractivity contribution in [1.82, 2.24) is 10.2 Å². The molecule has 0 radical (unpaired) electrons. The van der Waals surface area contributed by atoms with Crippen LogP contribution in [0, 0.1) is 0 Å². The van der Waals surface area contributed by atoms with E-state index in [1.165, 1.54) is 25.8 Å². The number of primary amides is 1. The maximum atomic E-state index is 12.2. The predicted molar refractivity (Wildman–Crippen MR) is 97.6 cm³/mol. The Hall–Kier alpha value is -2.08. The molecule has 2 amide bonds. The summed E-state index contributed by atoms with van der Waals surface area (Å²) in [6.07, 6.45) is 6.00. The van der Waals surface area contributed by atoms with Crippen LogP contribution in [0.2, 0.25) is 0 Å². The molecule has 6 nitrogen and oxygen atoms in total. The van der Waals surface area contributed by atoms with Gasteiger partial charge in [-0.15, -0.1) is 0 Å². The van der Waals surface area contributed by atoms with Crippen LogP contribution in [0.1, 0.15) is 49.4 Å². The number of unbranched alkanes of at least 4 members (excludes halogenated alkanes) is 1. The fourth-order valence-corrected chi connectivity index (χ4v) is 3.12. The summed E-state index contributed by atoms with van der Waals surface area (Å²) in [5, 5.41) is 2.94. The molecule has 1 heterocycles. The first kappa shape index (κ1) is 19.2. The van der Waals surface area contributed by atoms with E-state index in [0.717, 1.165) is 19.4 Å². The second-order valence-corrected chi connectivity index (χ2v) is 6.63. The first-order valence-corrected chi connectivity index (χ1v) is 9.09. The highest BCUT2D eigenvalue weighted by molar-refractivity contribution is 5.94. The minimum atomic E-state index is -0.544. The number of nitrogens with one attached hydrogen (secondary N) is 1. The number of hydrogen-bond donors (Lipinski definition) is 2. The van der Waals surface area contributed by atoms with E-state index in [9.17, 15) is 9.59 Å². The molecule has 25 heavy (non-hydrogen) atoms. The van der Waals surface area contributed by atoms with Crippen LogP contribution in [0.3, 0.4) is 0 Å². The van der Waals surface area contributed by atoms with Gasteiger partial charge in [0.2, 0.25) is 0 Å². The Morgan fingerprint density at radius 1 is 1.32 bits per heavy atom. The van der Waals surface area contributed by atoms with Crippen LogP contribution in [0.25, 0.3) is 0 Å². The Morgan fingerprint density at radius 2 is 2.16 bits per heavy atom. The third-order valence-corrected chi connectivity index (χ3v) is 4.58. The van der Waals surface area contributed by atoms with Crippen LogP contribution in [-0.2, 0) is 4.79 Å². The quantitative estimate of drug-likeness (QED) is 0.669. The molecule has 1 atom stereocenters. The number of amides is 2. The van der Waals surface area contributed by atoms with E-state index in [2.05, 4.69) is 17.1 Å². The molecule has 1 aromatic carbocycles. The highest BCUT2D eigenvalue weighted by atomic mass is 16.5. The van der Waals surface area contributed by atoms with Crippen molar-refractivity contribution in [2.45, 2.75) is 45.1 Å². The summed E-state index contributed by atoms with van der Waals surface area (Å²) in [6, 6.07) is 7.45. The second kappa shape index (κ2) is 10.0. The van der Waals surface area contributed by atoms with E-state index in [1.807, 2.05) is 0 Å². The second-order valence-electron chi connectivity index (χ2n) is 6.63. The van der Waals surface area contributed by atoms with Gasteiger partial charge in [0, 0.05) is 18.2 Å². The molecule has 3 N–H and O–H groups in total. The van der Waals surface area contributed by atoms with Gasteiger partial charge in [-0.1, -0.05) is 12.5 Å². The van der Waals surface area contributed by atoms with Crippen molar-refractivity contribution in [2.24, 2.45) is 5.73 Å². The van der Waals surface area contributed by atoms with Crippen LogP contribution in [0.15, 0.2) is 24.3 Å². The Bertz CT molecular complexity index is 577. The first-order chi connectivity index (χ1) is 12.1. The molecule has 0 spiro atoms. The Morgan fingerprint density at radius 3 is 2.92 bits per heavy atom. The van der Waals surface area contributed by atoms with Crippen molar-refractivity contribution in [2.75, 3.05) is 26.2 Å². The monoisotopic (exact) mass is 347 g/mol. The van der Waals surface area contributed by atoms with Gasteiger partial charge in [-0.2, -0.15) is 0 Å². The molecular formula is C19H29N3O3.